The van der Waals surface area contributed by atoms with Crippen LogP contribution in [0.4, 0.5) is 0 Å². The zero-order valence-corrected chi connectivity index (χ0v) is 14.3. The lowest BCUT2D eigenvalue weighted by molar-refractivity contribution is 0.338. The molecule has 0 heterocycles. The first-order valence-electron chi connectivity index (χ1n) is 7.08. The highest BCUT2D eigenvalue weighted by atomic mass is 32.1. The molecular weight excluding hydrogens is 282 g/mol. The second kappa shape index (κ2) is 7.50. The van der Waals surface area contributed by atoms with Crippen molar-refractivity contribution in [3.05, 3.63) is 35.9 Å². The molecular formula is C16H25N3OS. The van der Waals surface area contributed by atoms with Crippen molar-refractivity contribution >= 4 is 17.4 Å². The van der Waals surface area contributed by atoms with Crippen LogP contribution in [0.25, 0.3) is 0 Å². The van der Waals surface area contributed by atoms with Gasteiger partial charge in [0.15, 0.2) is 0 Å². The van der Waals surface area contributed by atoms with Crippen molar-refractivity contribution in [3.63, 3.8) is 0 Å². The molecule has 1 N–H and O–H groups in total. The molecule has 5 heteroatoms. The minimum atomic E-state index is -0.572. The first kappa shape index (κ1) is 17.6. The van der Waals surface area contributed by atoms with Gasteiger partial charge in [0.1, 0.15) is 5.66 Å². The zero-order chi connectivity index (χ0) is 15.9. The Morgan fingerprint density at radius 3 is 2.33 bits per heavy atom. The van der Waals surface area contributed by atoms with Crippen molar-refractivity contribution < 1.29 is 4.74 Å². The van der Waals surface area contributed by atoms with Gasteiger partial charge in [0, 0.05) is 0 Å². The minimum Gasteiger partial charge on any atom is -0.474 e. The Kier molecular flexibility index (Phi) is 6.27. The third kappa shape index (κ3) is 7.18. The Balaban J connectivity index is 2.58. The second-order valence-electron chi connectivity index (χ2n) is 6.17. The molecule has 0 aromatic heterocycles. The SMILES string of the molecule is COC(=S)NC(C)(C)/N=N/C(C)(C)CCc1ccccc1. The number of hydrogen-bond donors (Lipinski definition) is 1. The van der Waals surface area contributed by atoms with Gasteiger partial charge in [-0.05, 0) is 58.3 Å². The highest BCUT2D eigenvalue weighted by molar-refractivity contribution is 7.80. The fraction of sp³-hybridized carbons (Fsp3) is 0.562. The molecule has 0 saturated carbocycles. The van der Waals surface area contributed by atoms with Gasteiger partial charge in [-0.25, -0.2) is 0 Å². The van der Waals surface area contributed by atoms with E-state index in [0.29, 0.717) is 5.17 Å². The maximum atomic E-state index is 4.99. The van der Waals surface area contributed by atoms with Crippen LogP contribution in [0, 0.1) is 0 Å². The van der Waals surface area contributed by atoms with Gasteiger partial charge in [0.25, 0.3) is 5.17 Å². The molecule has 0 aliphatic heterocycles. The standard InChI is InChI=1S/C16H25N3OS/c1-15(2,12-11-13-9-7-6-8-10-13)18-19-16(3,4)17-14(21)20-5/h6-10H,11-12H2,1-5H3,(H,17,21)/b19-18+. The van der Waals surface area contributed by atoms with Crippen molar-refractivity contribution in [2.75, 3.05) is 7.11 Å². The van der Waals surface area contributed by atoms with E-state index in [1.165, 1.54) is 12.7 Å². The number of nitrogens with zero attached hydrogens (tertiary/aromatic N) is 2. The number of ether oxygens (including phenoxy) is 1. The Morgan fingerprint density at radius 1 is 1.14 bits per heavy atom. The lowest BCUT2D eigenvalue weighted by Crippen LogP contribution is -2.41. The van der Waals surface area contributed by atoms with Crippen molar-refractivity contribution in [2.24, 2.45) is 10.2 Å². The second-order valence-corrected chi connectivity index (χ2v) is 6.54. The van der Waals surface area contributed by atoms with Crippen LogP contribution in [0.1, 0.15) is 39.7 Å². The van der Waals surface area contributed by atoms with Crippen molar-refractivity contribution in [1.82, 2.24) is 5.32 Å². The number of azo groups is 1. The monoisotopic (exact) mass is 307 g/mol. The smallest absolute Gasteiger partial charge is 0.258 e. The van der Waals surface area contributed by atoms with Crippen LogP contribution in [0.3, 0.4) is 0 Å². The molecule has 0 fully saturated rings. The summed E-state index contributed by atoms with van der Waals surface area (Å²) < 4.78 is 4.94. The number of methoxy groups -OCH3 is 1. The number of aryl methyl sites for hydroxylation is 1. The van der Waals surface area contributed by atoms with Crippen LogP contribution >= 0.6 is 12.2 Å². The molecule has 0 spiro atoms. The van der Waals surface area contributed by atoms with Crippen LogP contribution in [0.5, 0.6) is 0 Å². The Labute approximate surface area is 133 Å². The summed E-state index contributed by atoms with van der Waals surface area (Å²) in [6.45, 7) is 8.00. The summed E-state index contributed by atoms with van der Waals surface area (Å²) in [6, 6.07) is 10.4. The van der Waals surface area contributed by atoms with Gasteiger partial charge in [0.05, 0.1) is 12.6 Å². The molecule has 1 aromatic rings. The van der Waals surface area contributed by atoms with E-state index in [-0.39, 0.29) is 5.54 Å². The van der Waals surface area contributed by atoms with E-state index in [9.17, 15) is 0 Å². The van der Waals surface area contributed by atoms with E-state index in [0.717, 1.165) is 12.8 Å². The molecule has 21 heavy (non-hydrogen) atoms. The normalized spacial score (nSPS) is 12.4. The topological polar surface area (TPSA) is 46.0 Å². The van der Waals surface area contributed by atoms with Gasteiger partial charge in [-0.15, -0.1) is 0 Å². The molecule has 0 atom stereocenters. The van der Waals surface area contributed by atoms with Gasteiger partial charge in [-0.3, -0.25) is 0 Å². The average molecular weight is 307 g/mol. The van der Waals surface area contributed by atoms with Crippen LogP contribution in [-0.2, 0) is 11.2 Å². The van der Waals surface area contributed by atoms with Gasteiger partial charge in [-0.2, -0.15) is 10.2 Å². The van der Waals surface area contributed by atoms with Crippen molar-refractivity contribution in [2.45, 2.75) is 51.7 Å². The lowest BCUT2D eigenvalue weighted by Gasteiger charge is -2.24. The summed E-state index contributed by atoms with van der Waals surface area (Å²) in [5, 5.41) is 12.2. The highest BCUT2D eigenvalue weighted by Gasteiger charge is 2.22. The van der Waals surface area contributed by atoms with Crippen LogP contribution in [-0.4, -0.2) is 23.5 Å². The summed E-state index contributed by atoms with van der Waals surface area (Å²) in [5.74, 6) is 0. The molecule has 0 bridgehead atoms. The van der Waals surface area contributed by atoms with Crippen LogP contribution in [0.2, 0.25) is 0 Å². The first-order valence-corrected chi connectivity index (χ1v) is 7.49. The Bertz CT molecular complexity index is 484. The van der Waals surface area contributed by atoms with Crippen LogP contribution in [0.15, 0.2) is 40.6 Å². The maximum absolute atomic E-state index is 4.99. The van der Waals surface area contributed by atoms with Gasteiger partial charge >= 0.3 is 0 Å². The summed E-state index contributed by atoms with van der Waals surface area (Å²) in [7, 11) is 1.53. The summed E-state index contributed by atoms with van der Waals surface area (Å²) in [4.78, 5) is 0. The summed E-state index contributed by atoms with van der Waals surface area (Å²) in [6.07, 6.45) is 1.92. The quantitative estimate of drug-likeness (QED) is 0.635. The Hall–Kier alpha value is -1.49. The summed E-state index contributed by atoms with van der Waals surface area (Å²) in [5.41, 5.74) is 0.527. The molecule has 0 saturated heterocycles. The molecule has 0 radical (unpaired) electrons. The number of hydrogen-bond acceptors (Lipinski definition) is 4. The minimum absolute atomic E-state index is 0.219. The van der Waals surface area contributed by atoms with Gasteiger partial charge in [-0.1, -0.05) is 30.3 Å². The number of benzene rings is 1. The van der Waals surface area contributed by atoms with E-state index >= 15 is 0 Å². The molecule has 0 unspecified atom stereocenters. The van der Waals surface area contributed by atoms with Crippen molar-refractivity contribution in [1.29, 1.82) is 0 Å². The third-order valence-corrected chi connectivity index (χ3v) is 3.30. The predicted molar refractivity (Wildman–Crippen MR) is 90.5 cm³/mol. The van der Waals surface area contributed by atoms with E-state index in [4.69, 9.17) is 17.0 Å². The Morgan fingerprint density at radius 2 is 1.76 bits per heavy atom. The fourth-order valence-electron chi connectivity index (χ4n) is 1.73. The molecule has 0 aliphatic carbocycles. The molecule has 4 nitrogen and oxygen atoms in total. The highest BCUT2D eigenvalue weighted by Crippen LogP contribution is 2.20. The fourth-order valence-corrected chi connectivity index (χ4v) is 1.98. The first-order chi connectivity index (χ1) is 9.74. The molecule has 1 rings (SSSR count). The number of rotatable bonds is 6. The van der Waals surface area contributed by atoms with E-state index in [1.807, 2.05) is 19.9 Å². The third-order valence-electron chi connectivity index (χ3n) is 3.03. The lowest BCUT2D eigenvalue weighted by atomic mass is 9.96. The number of thiocarbonyl (C=S) groups is 1. The van der Waals surface area contributed by atoms with Crippen LogP contribution < -0.4 is 5.32 Å². The average Bonchev–Trinajstić information content (AvgIpc) is 2.44. The molecule has 1 aromatic carbocycles. The van der Waals surface area contributed by atoms with Crippen molar-refractivity contribution in [3.8, 4) is 0 Å². The predicted octanol–water partition coefficient (Wildman–Crippen LogP) is 4.11. The zero-order valence-electron chi connectivity index (χ0n) is 13.5. The van der Waals surface area contributed by atoms with E-state index in [1.54, 1.807) is 0 Å². The molecule has 0 aliphatic rings. The van der Waals surface area contributed by atoms with E-state index < -0.39 is 5.66 Å². The summed E-state index contributed by atoms with van der Waals surface area (Å²) >= 11 is 4.99. The maximum Gasteiger partial charge on any atom is 0.258 e. The molecule has 116 valence electrons. The largest absolute Gasteiger partial charge is 0.474 e. The van der Waals surface area contributed by atoms with Gasteiger partial charge < -0.3 is 10.1 Å². The van der Waals surface area contributed by atoms with E-state index in [2.05, 4.69) is 53.7 Å². The molecule has 0 amide bonds. The van der Waals surface area contributed by atoms with Gasteiger partial charge in [0.2, 0.25) is 0 Å². The number of nitrogens with one attached hydrogen (secondary N) is 1.